The van der Waals surface area contributed by atoms with E-state index in [1.54, 1.807) is 72.8 Å². The number of amides is 2. The van der Waals surface area contributed by atoms with Gasteiger partial charge in [0.15, 0.2) is 0 Å². The van der Waals surface area contributed by atoms with E-state index in [2.05, 4.69) is 10.6 Å². The van der Waals surface area contributed by atoms with E-state index >= 15 is 0 Å². The van der Waals surface area contributed by atoms with E-state index in [9.17, 15) is 43.8 Å². The molecule has 346 valence electrons. The Bertz CT molecular complexity index is 2830. The molecule has 7 aromatic rings. The number of carbonyl (C=O) groups excluding carboxylic acids is 2. The van der Waals surface area contributed by atoms with Crippen molar-refractivity contribution >= 4 is 58.7 Å². The van der Waals surface area contributed by atoms with Gasteiger partial charge in [-0.2, -0.15) is 0 Å². The summed E-state index contributed by atoms with van der Waals surface area (Å²) in [7, 11) is 0. The lowest BCUT2D eigenvalue weighted by molar-refractivity contribution is 0.0682. The van der Waals surface area contributed by atoms with Crippen molar-refractivity contribution in [2.75, 3.05) is 16.4 Å². The van der Waals surface area contributed by atoms with Crippen molar-refractivity contribution in [1.82, 2.24) is 0 Å². The Morgan fingerprint density at radius 1 is 0.338 bits per heavy atom. The second-order valence-corrected chi connectivity index (χ2v) is 14.0. The van der Waals surface area contributed by atoms with Crippen LogP contribution in [-0.4, -0.2) is 82.5 Å². The normalized spacial score (nSPS) is 10.0. The van der Waals surface area contributed by atoms with Crippen LogP contribution >= 0.6 is 0 Å². The fourth-order valence-electron chi connectivity index (χ4n) is 5.94. The predicted octanol–water partition coefficient (Wildman–Crippen LogP) is 8.72. The molecule has 0 aliphatic carbocycles. The smallest absolute Gasteiger partial charge is 0.339 e. The van der Waals surface area contributed by atoms with Crippen LogP contribution in [0.25, 0.3) is 22.3 Å². The second kappa shape index (κ2) is 22.6. The van der Waals surface area contributed by atoms with Crippen molar-refractivity contribution < 1.29 is 74.4 Å². The van der Waals surface area contributed by atoms with Gasteiger partial charge in [0.25, 0.3) is 11.8 Å². The topological polar surface area (TPSA) is 331 Å². The molecular formula is C50H41N3O15. The van der Waals surface area contributed by atoms with Crippen molar-refractivity contribution in [3.05, 3.63) is 191 Å². The molecule has 0 aliphatic heterocycles. The van der Waals surface area contributed by atoms with Crippen molar-refractivity contribution in [2.45, 2.75) is 7.43 Å². The van der Waals surface area contributed by atoms with E-state index in [4.69, 9.17) is 36.4 Å². The molecule has 7 aromatic carbocycles. The van der Waals surface area contributed by atoms with Gasteiger partial charge in [0, 0.05) is 28.2 Å². The number of carbonyl (C=O) groups is 7. The Morgan fingerprint density at radius 3 is 0.868 bits per heavy atom. The minimum Gasteiger partial charge on any atom is -0.507 e. The summed E-state index contributed by atoms with van der Waals surface area (Å²) in [5.74, 6) is -7.78. The Morgan fingerprint density at radius 2 is 0.603 bits per heavy atom. The lowest BCUT2D eigenvalue weighted by Gasteiger charge is -2.09. The lowest BCUT2D eigenvalue weighted by atomic mass is 10.0. The fourth-order valence-corrected chi connectivity index (χ4v) is 5.94. The molecule has 18 nitrogen and oxygen atoms in total. The molecular weight excluding hydrogens is 883 g/mol. The van der Waals surface area contributed by atoms with Crippen LogP contribution < -0.4 is 16.4 Å². The van der Waals surface area contributed by atoms with Crippen LogP contribution in [0.1, 0.15) is 79.9 Å². The van der Waals surface area contributed by atoms with Crippen LogP contribution in [0.3, 0.4) is 0 Å². The van der Waals surface area contributed by atoms with Crippen molar-refractivity contribution in [3.8, 4) is 39.5 Å². The summed E-state index contributed by atoms with van der Waals surface area (Å²) in [6, 6.07) is 37.4. The number of aromatic hydroxyl groups is 3. The van der Waals surface area contributed by atoms with Crippen molar-refractivity contribution in [2.24, 2.45) is 0 Å². The van der Waals surface area contributed by atoms with Crippen LogP contribution in [-0.2, 0) is 0 Å². The molecule has 0 fully saturated rings. The first-order chi connectivity index (χ1) is 31.8. The number of nitrogens with two attached hydrogens (primary N) is 1. The number of phenols is 3. The average Bonchev–Trinajstić information content (AvgIpc) is 3.31. The number of nitrogens with one attached hydrogen (secondary N) is 2. The summed E-state index contributed by atoms with van der Waals surface area (Å²) >= 11 is 0. The molecule has 0 saturated carbocycles. The van der Waals surface area contributed by atoms with E-state index in [1.165, 1.54) is 66.7 Å². The van der Waals surface area contributed by atoms with Crippen LogP contribution in [0.5, 0.6) is 17.2 Å². The Hall–Kier alpha value is -9.97. The van der Waals surface area contributed by atoms with Gasteiger partial charge in [-0.1, -0.05) is 56.0 Å². The SMILES string of the molecule is C.Nc1ccc(O)c(C(=O)O)c1.O=C(Nc1ccc(O)c(C(=O)O)c1)c1ccc(-c2ccc(C(=O)Nc3ccc(O)c(C(=O)O)c3)cc2)cc1.O=C(O)c1ccc(-c2ccc(C(=O)O)cc2)cc1. The zero-order valence-corrected chi connectivity index (χ0v) is 34.4. The minimum absolute atomic E-state index is 0. The zero-order chi connectivity index (χ0) is 48.9. The molecule has 0 aromatic heterocycles. The molecule has 0 bridgehead atoms. The van der Waals surface area contributed by atoms with Gasteiger partial charge in [0.1, 0.15) is 33.9 Å². The minimum atomic E-state index is -1.32. The second-order valence-electron chi connectivity index (χ2n) is 14.0. The summed E-state index contributed by atoms with van der Waals surface area (Å²) in [5, 5.41) is 77.6. The number of carboxylic acid groups (broad SMARTS) is 5. The van der Waals surface area contributed by atoms with Crippen molar-refractivity contribution in [1.29, 1.82) is 0 Å². The Balaban J connectivity index is 0.000000275. The summed E-state index contributed by atoms with van der Waals surface area (Å²) in [5.41, 5.74) is 9.54. The lowest BCUT2D eigenvalue weighted by Crippen LogP contribution is -2.12. The molecule has 0 heterocycles. The molecule has 7 rings (SSSR count). The number of anilines is 3. The monoisotopic (exact) mass is 923 g/mol. The maximum Gasteiger partial charge on any atom is 0.339 e. The Labute approximate surface area is 386 Å². The van der Waals surface area contributed by atoms with Gasteiger partial charge in [0.05, 0.1) is 11.1 Å². The van der Waals surface area contributed by atoms with Gasteiger partial charge in [-0.3, -0.25) is 9.59 Å². The molecule has 0 aliphatic rings. The highest BCUT2D eigenvalue weighted by Crippen LogP contribution is 2.26. The first-order valence-electron chi connectivity index (χ1n) is 19.3. The maximum atomic E-state index is 12.6. The van der Waals surface area contributed by atoms with Gasteiger partial charge < -0.3 is 57.2 Å². The summed E-state index contributed by atoms with van der Waals surface area (Å²) < 4.78 is 0. The predicted molar refractivity (Wildman–Crippen MR) is 250 cm³/mol. The number of hydrogen-bond donors (Lipinski definition) is 11. The van der Waals surface area contributed by atoms with Gasteiger partial charge in [-0.05, 0) is 125 Å². The fraction of sp³-hybridized carbons (Fsp3) is 0.0200. The van der Waals surface area contributed by atoms with E-state index in [-0.39, 0.29) is 52.4 Å². The number of aromatic carboxylic acids is 5. The number of hydrogen-bond acceptors (Lipinski definition) is 11. The third kappa shape index (κ3) is 13.3. The molecule has 0 atom stereocenters. The summed E-state index contributed by atoms with van der Waals surface area (Å²) in [6.07, 6.45) is 0. The van der Waals surface area contributed by atoms with Crippen LogP contribution in [0, 0.1) is 0 Å². The number of nitrogen functional groups attached to an aromatic ring is 1. The van der Waals surface area contributed by atoms with Crippen LogP contribution in [0.4, 0.5) is 17.1 Å². The first kappa shape index (κ1) is 50.7. The van der Waals surface area contributed by atoms with Gasteiger partial charge >= 0.3 is 29.8 Å². The third-order valence-corrected chi connectivity index (χ3v) is 9.45. The Kier molecular flexibility index (Phi) is 16.8. The quantitative estimate of drug-likeness (QED) is 0.0426. The maximum absolute atomic E-state index is 12.6. The van der Waals surface area contributed by atoms with Gasteiger partial charge in [-0.25, -0.2) is 24.0 Å². The van der Waals surface area contributed by atoms with Crippen LogP contribution in [0.15, 0.2) is 152 Å². The number of rotatable bonds is 11. The first-order valence-corrected chi connectivity index (χ1v) is 19.3. The highest BCUT2D eigenvalue weighted by atomic mass is 16.4. The van der Waals surface area contributed by atoms with Gasteiger partial charge in [0.2, 0.25) is 0 Å². The molecule has 0 unspecified atom stereocenters. The third-order valence-electron chi connectivity index (χ3n) is 9.45. The van der Waals surface area contributed by atoms with E-state index in [1.807, 2.05) is 0 Å². The molecule has 18 heteroatoms. The number of carboxylic acids is 5. The van der Waals surface area contributed by atoms with E-state index < -0.39 is 53.2 Å². The number of benzene rings is 7. The summed E-state index contributed by atoms with van der Waals surface area (Å²) in [6.45, 7) is 0. The van der Waals surface area contributed by atoms with Crippen LogP contribution in [0.2, 0.25) is 0 Å². The highest BCUT2D eigenvalue weighted by molar-refractivity contribution is 6.06. The van der Waals surface area contributed by atoms with Gasteiger partial charge in [-0.15, -0.1) is 0 Å². The molecule has 68 heavy (non-hydrogen) atoms. The van der Waals surface area contributed by atoms with E-state index in [0.717, 1.165) is 34.4 Å². The molecule has 0 saturated heterocycles. The average molecular weight is 924 g/mol. The van der Waals surface area contributed by atoms with Crippen molar-refractivity contribution in [3.63, 3.8) is 0 Å². The molecule has 0 radical (unpaired) electrons. The molecule has 2 amide bonds. The highest BCUT2D eigenvalue weighted by Gasteiger charge is 2.15. The zero-order valence-electron chi connectivity index (χ0n) is 34.4. The van der Waals surface area contributed by atoms with E-state index in [0.29, 0.717) is 16.8 Å². The molecule has 12 N–H and O–H groups in total. The summed E-state index contributed by atoms with van der Waals surface area (Å²) in [4.78, 5) is 79.2. The molecule has 0 spiro atoms. The largest absolute Gasteiger partial charge is 0.507 e. The standard InChI is InChI=1S/C28H20N2O8.C14H10O4.C7H7NO3.CH4/c31-23-11-9-19(13-21(23)27(35)36)29-25(33)17-5-1-15(2-6-17)16-3-7-18(8-4-16)26(34)30-20-10-12-24(32)22(14-20)28(37)38;15-13(16)11-5-1-9(2-6-11)10-3-7-12(8-4-10)14(17)18;8-4-1-2-6(9)5(3-4)7(10)11;/h1-14,31-32H,(H,29,33)(H,30,34)(H,35,36)(H,37,38);1-8H,(H,15,16)(H,17,18);1-3,9H,8H2,(H,10,11);1H4.